The van der Waals surface area contributed by atoms with Crippen LogP contribution in [0.15, 0.2) is 18.2 Å². The average molecular weight is 267 g/mol. The van der Waals surface area contributed by atoms with Crippen molar-refractivity contribution in [3.63, 3.8) is 0 Å². The van der Waals surface area contributed by atoms with Crippen molar-refractivity contribution in [2.45, 2.75) is 38.5 Å². The van der Waals surface area contributed by atoms with Crippen molar-refractivity contribution < 1.29 is 8.78 Å². The minimum absolute atomic E-state index is 0.215. The van der Waals surface area contributed by atoms with E-state index in [-0.39, 0.29) is 11.7 Å². The lowest BCUT2D eigenvalue weighted by molar-refractivity contribution is 0.225. The van der Waals surface area contributed by atoms with Crippen LogP contribution >= 0.6 is 0 Å². The quantitative estimate of drug-likeness (QED) is 0.866. The van der Waals surface area contributed by atoms with Gasteiger partial charge in [-0.15, -0.1) is 0 Å². The van der Waals surface area contributed by atoms with Gasteiger partial charge in [-0.3, -0.25) is 0 Å². The van der Waals surface area contributed by atoms with Gasteiger partial charge in [-0.2, -0.15) is 0 Å². The predicted octanol–water partition coefficient (Wildman–Crippen LogP) is 4.09. The van der Waals surface area contributed by atoms with E-state index < -0.39 is 5.82 Å². The molecule has 0 saturated heterocycles. The summed E-state index contributed by atoms with van der Waals surface area (Å²) in [5, 5.41) is 3.20. The van der Waals surface area contributed by atoms with Crippen LogP contribution in [0.2, 0.25) is 0 Å². The first kappa shape index (κ1) is 14.4. The summed E-state index contributed by atoms with van der Waals surface area (Å²) in [5.74, 6) is 0.458. The van der Waals surface area contributed by atoms with Gasteiger partial charge in [0.05, 0.1) is 0 Å². The summed E-state index contributed by atoms with van der Waals surface area (Å²) in [4.78, 5) is 0. The number of rotatable bonds is 4. The minimum Gasteiger partial charge on any atom is -0.319 e. The second-order valence-electron chi connectivity index (χ2n) is 5.68. The zero-order chi connectivity index (χ0) is 13.8. The maximum absolute atomic E-state index is 14.0. The van der Waals surface area contributed by atoms with Gasteiger partial charge in [0.2, 0.25) is 0 Å². The summed E-state index contributed by atoms with van der Waals surface area (Å²) < 4.78 is 27.1. The molecule has 3 unspecified atom stereocenters. The molecule has 106 valence electrons. The topological polar surface area (TPSA) is 12.0 Å². The van der Waals surface area contributed by atoms with E-state index in [1.807, 2.05) is 7.05 Å². The van der Waals surface area contributed by atoms with Gasteiger partial charge in [0.25, 0.3) is 0 Å². The van der Waals surface area contributed by atoms with Crippen LogP contribution in [0.3, 0.4) is 0 Å². The lowest BCUT2D eigenvalue weighted by atomic mass is 9.70. The van der Waals surface area contributed by atoms with Crippen molar-refractivity contribution in [2.75, 3.05) is 13.6 Å². The van der Waals surface area contributed by atoms with Gasteiger partial charge in [0.15, 0.2) is 0 Å². The maximum atomic E-state index is 14.0. The molecule has 1 aromatic carbocycles. The Balaban J connectivity index is 2.25. The van der Waals surface area contributed by atoms with Gasteiger partial charge < -0.3 is 5.32 Å². The number of halogens is 2. The second kappa shape index (κ2) is 6.47. The number of nitrogens with one attached hydrogen (secondary N) is 1. The van der Waals surface area contributed by atoms with Crippen LogP contribution in [0.1, 0.15) is 44.1 Å². The summed E-state index contributed by atoms with van der Waals surface area (Å²) in [5.41, 5.74) is 0.694. The summed E-state index contributed by atoms with van der Waals surface area (Å²) in [6.45, 7) is 3.10. The molecular weight excluding hydrogens is 244 g/mol. The zero-order valence-corrected chi connectivity index (χ0v) is 11.8. The lowest BCUT2D eigenvalue weighted by Crippen LogP contribution is -2.31. The van der Waals surface area contributed by atoms with Crippen molar-refractivity contribution in [1.82, 2.24) is 5.32 Å². The van der Waals surface area contributed by atoms with Crippen molar-refractivity contribution in [2.24, 2.45) is 11.8 Å². The monoisotopic (exact) mass is 267 g/mol. The molecule has 0 aliphatic heterocycles. The van der Waals surface area contributed by atoms with Crippen molar-refractivity contribution >= 4 is 0 Å². The fourth-order valence-corrected chi connectivity index (χ4v) is 3.38. The highest BCUT2D eigenvalue weighted by Gasteiger charge is 2.32. The fraction of sp³-hybridized carbons (Fsp3) is 0.625. The molecule has 1 aliphatic carbocycles. The SMILES string of the molecule is CCC1CCC(CNC)C(c2ccc(F)cc2F)C1. The summed E-state index contributed by atoms with van der Waals surface area (Å²) in [7, 11) is 1.93. The molecule has 0 bridgehead atoms. The van der Waals surface area contributed by atoms with Gasteiger partial charge in [-0.1, -0.05) is 25.8 Å². The number of hydrogen-bond donors (Lipinski definition) is 1. The molecule has 0 amide bonds. The van der Waals surface area contributed by atoms with E-state index in [1.165, 1.54) is 12.5 Å². The lowest BCUT2D eigenvalue weighted by Gasteiger charge is -2.36. The summed E-state index contributed by atoms with van der Waals surface area (Å²) in [6.07, 6.45) is 4.51. The van der Waals surface area contributed by atoms with Crippen molar-refractivity contribution in [3.8, 4) is 0 Å². The molecule has 19 heavy (non-hydrogen) atoms. The molecule has 0 radical (unpaired) electrons. The Morgan fingerprint density at radius 1 is 1.26 bits per heavy atom. The van der Waals surface area contributed by atoms with Crippen LogP contribution in [0, 0.1) is 23.5 Å². The summed E-state index contributed by atoms with van der Waals surface area (Å²) in [6, 6.07) is 4.03. The molecule has 1 fully saturated rings. The third-order valence-corrected chi connectivity index (χ3v) is 4.51. The Morgan fingerprint density at radius 2 is 2.05 bits per heavy atom. The van der Waals surface area contributed by atoms with Crippen LogP contribution < -0.4 is 5.32 Å². The molecule has 1 nitrogen and oxygen atoms in total. The Bertz CT molecular complexity index is 419. The van der Waals surface area contributed by atoms with Gasteiger partial charge >= 0.3 is 0 Å². The molecule has 3 atom stereocenters. The third kappa shape index (κ3) is 3.33. The highest BCUT2D eigenvalue weighted by Crippen LogP contribution is 2.42. The zero-order valence-electron chi connectivity index (χ0n) is 11.8. The first-order chi connectivity index (χ1) is 9.15. The van der Waals surface area contributed by atoms with Gasteiger partial charge in [-0.05, 0) is 55.8 Å². The molecule has 2 rings (SSSR count). The molecule has 0 spiro atoms. The first-order valence-electron chi connectivity index (χ1n) is 7.25. The van der Waals surface area contributed by atoms with E-state index in [9.17, 15) is 8.78 Å². The smallest absolute Gasteiger partial charge is 0.129 e. The number of hydrogen-bond acceptors (Lipinski definition) is 1. The van der Waals surface area contributed by atoms with Gasteiger partial charge in [0.1, 0.15) is 11.6 Å². The maximum Gasteiger partial charge on any atom is 0.129 e. The van der Waals surface area contributed by atoms with Crippen LogP contribution in [-0.2, 0) is 0 Å². The van der Waals surface area contributed by atoms with E-state index in [1.54, 1.807) is 6.07 Å². The Labute approximate surface area is 114 Å². The van der Waals surface area contributed by atoms with Crippen LogP contribution in [0.5, 0.6) is 0 Å². The Kier molecular flexibility index (Phi) is 4.92. The van der Waals surface area contributed by atoms with Crippen LogP contribution in [0.4, 0.5) is 8.78 Å². The van der Waals surface area contributed by atoms with E-state index in [2.05, 4.69) is 12.2 Å². The molecule has 1 N–H and O–H groups in total. The van der Waals surface area contributed by atoms with Gasteiger partial charge in [0, 0.05) is 6.07 Å². The minimum atomic E-state index is -0.491. The standard InChI is InChI=1S/C16H23F2N/c1-3-11-4-5-12(10-19-2)15(8-11)14-7-6-13(17)9-16(14)18/h6-7,9,11-12,15,19H,3-5,8,10H2,1-2H3. The fourth-order valence-electron chi connectivity index (χ4n) is 3.38. The highest BCUT2D eigenvalue weighted by molar-refractivity contribution is 5.24. The molecule has 1 saturated carbocycles. The molecule has 1 aromatic rings. The predicted molar refractivity (Wildman–Crippen MR) is 74.1 cm³/mol. The average Bonchev–Trinajstić information content (AvgIpc) is 2.40. The molecule has 1 aliphatic rings. The molecule has 3 heteroatoms. The summed E-state index contributed by atoms with van der Waals surface area (Å²) >= 11 is 0. The number of benzene rings is 1. The van der Waals surface area contributed by atoms with Crippen LogP contribution in [-0.4, -0.2) is 13.6 Å². The molecular formula is C16H23F2N. The van der Waals surface area contributed by atoms with Crippen molar-refractivity contribution in [3.05, 3.63) is 35.4 Å². The van der Waals surface area contributed by atoms with E-state index in [0.717, 1.165) is 31.9 Å². The highest BCUT2D eigenvalue weighted by atomic mass is 19.1. The Hall–Kier alpha value is -0.960. The van der Waals surface area contributed by atoms with E-state index in [0.29, 0.717) is 17.4 Å². The Morgan fingerprint density at radius 3 is 2.68 bits per heavy atom. The second-order valence-corrected chi connectivity index (χ2v) is 5.68. The molecule has 0 aromatic heterocycles. The van der Waals surface area contributed by atoms with Crippen LogP contribution in [0.25, 0.3) is 0 Å². The largest absolute Gasteiger partial charge is 0.319 e. The van der Waals surface area contributed by atoms with Crippen molar-refractivity contribution in [1.29, 1.82) is 0 Å². The normalized spacial score (nSPS) is 27.5. The first-order valence-corrected chi connectivity index (χ1v) is 7.25. The van der Waals surface area contributed by atoms with Gasteiger partial charge in [-0.25, -0.2) is 8.78 Å². The van der Waals surface area contributed by atoms with E-state index >= 15 is 0 Å². The molecule has 0 heterocycles. The van der Waals surface area contributed by atoms with E-state index in [4.69, 9.17) is 0 Å². The third-order valence-electron chi connectivity index (χ3n) is 4.51.